The highest BCUT2D eigenvalue weighted by molar-refractivity contribution is 6.04. The molecule has 1 amide bonds. The van der Waals surface area contributed by atoms with Gasteiger partial charge in [0, 0.05) is 18.5 Å². The van der Waals surface area contributed by atoms with Gasteiger partial charge in [-0.05, 0) is 36.8 Å². The molecule has 0 spiro atoms. The second-order valence-electron chi connectivity index (χ2n) is 5.12. The van der Waals surface area contributed by atoms with Crippen LogP contribution in [0.3, 0.4) is 0 Å². The van der Waals surface area contributed by atoms with Crippen molar-refractivity contribution in [1.82, 2.24) is 9.38 Å². The van der Waals surface area contributed by atoms with Crippen molar-refractivity contribution in [2.45, 2.75) is 6.92 Å². The van der Waals surface area contributed by atoms with Crippen LogP contribution in [0.5, 0.6) is 11.5 Å². The van der Waals surface area contributed by atoms with E-state index in [9.17, 15) is 4.79 Å². The van der Waals surface area contributed by atoms with Gasteiger partial charge in [0.15, 0.2) is 0 Å². The van der Waals surface area contributed by atoms with E-state index in [2.05, 4.69) is 10.3 Å². The number of benzene rings is 1. The first-order valence-corrected chi connectivity index (χ1v) is 7.09. The maximum atomic E-state index is 12.4. The van der Waals surface area contributed by atoms with Crippen LogP contribution in [0.4, 0.5) is 5.69 Å². The smallest absolute Gasteiger partial charge is 0.275 e. The molecule has 1 N–H and O–H groups in total. The summed E-state index contributed by atoms with van der Waals surface area (Å²) in [4.78, 5) is 16.8. The van der Waals surface area contributed by atoms with E-state index in [1.165, 1.54) is 7.11 Å². The molecule has 0 aliphatic rings. The fraction of sp³-hybridized carbons (Fsp3) is 0.176. The highest BCUT2D eigenvalue weighted by atomic mass is 16.5. The van der Waals surface area contributed by atoms with E-state index in [1.54, 1.807) is 31.5 Å². The van der Waals surface area contributed by atoms with Gasteiger partial charge in [0.1, 0.15) is 22.8 Å². The number of anilines is 1. The highest BCUT2D eigenvalue weighted by Gasteiger charge is 2.14. The zero-order valence-electron chi connectivity index (χ0n) is 13.2. The fourth-order valence-corrected chi connectivity index (χ4v) is 2.28. The Bertz CT molecular complexity index is 871. The van der Waals surface area contributed by atoms with Crippen molar-refractivity contribution in [1.29, 1.82) is 0 Å². The number of methoxy groups -OCH3 is 2. The Morgan fingerprint density at radius 3 is 2.74 bits per heavy atom. The summed E-state index contributed by atoms with van der Waals surface area (Å²) in [5, 5.41) is 2.81. The van der Waals surface area contributed by atoms with Gasteiger partial charge < -0.3 is 19.2 Å². The predicted octanol–water partition coefficient (Wildman–Crippen LogP) is 2.91. The number of aromatic nitrogens is 2. The van der Waals surface area contributed by atoms with Crippen molar-refractivity contribution >= 4 is 17.2 Å². The van der Waals surface area contributed by atoms with Crippen LogP contribution in [-0.2, 0) is 0 Å². The summed E-state index contributed by atoms with van der Waals surface area (Å²) in [5.74, 6) is 0.884. The average molecular weight is 311 g/mol. The maximum Gasteiger partial charge on any atom is 0.275 e. The molecule has 0 radical (unpaired) electrons. The maximum absolute atomic E-state index is 12.4. The molecule has 23 heavy (non-hydrogen) atoms. The van der Waals surface area contributed by atoms with Gasteiger partial charge in [-0.3, -0.25) is 4.79 Å². The molecule has 0 atom stereocenters. The van der Waals surface area contributed by atoms with Gasteiger partial charge >= 0.3 is 0 Å². The third-order valence-corrected chi connectivity index (χ3v) is 3.51. The first-order chi connectivity index (χ1) is 11.1. The number of pyridine rings is 1. The summed E-state index contributed by atoms with van der Waals surface area (Å²) >= 11 is 0. The summed E-state index contributed by atoms with van der Waals surface area (Å²) in [5.41, 5.74) is 2.73. The van der Waals surface area contributed by atoms with Gasteiger partial charge in [-0.2, -0.15) is 0 Å². The summed E-state index contributed by atoms with van der Waals surface area (Å²) in [7, 11) is 3.11. The Kier molecular flexibility index (Phi) is 3.89. The molecule has 0 bridgehead atoms. The van der Waals surface area contributed by atoms with Crippen LogP contribution in [0.25, 0.3) is 5.65 Å². The number of hydrogen-bond acceptors (Lipinski definition) is 4. The van der Waals surface area contributed by atoms with Crippen LogP contribution < -0.4 is 14.8 Å². The topological polar surface area (TPSA) is 64.9 Å². The molecule has 3 aromatic rings. The van der Waals surface area contributed by atoms with Gasteiger partial charge in [-0.15, -0.1) is 0 Å². The van der Waals surface area contributed by atoms with Gasteiger partial charge in [0.25, 0.3) is 5.91 Å². The average Bonchev–Trinajstić information content (AvgIpc) is 2.98. The fourth-order valence-electron chi connectivity index (χ4n) is 2.28. The second kappa shape index (κ2) is 6.00. The lowest BCUT2D eigenvalue weighted by atomic mass is 10.2. The molecule has 0 saturated heterocycles. The molecule has 0 fully saturated rings. The Morgan fingerprint density at radius 2 is 2.00 bits per heavy atom. The number of imidazole rings is 1. The van der Waals surface area contributed by atoms with Gasteiger partial charge in [-0.1, -0.05) is 0 Å². The number of aryl methyl sites for hydroxylation is 1. The number of carbonyl (C=O) groups excluding carboxylic acids is 1. The standard InChI is InChI=1S/C17H17N3O3/c1-11-6-7-20-10-14(18-16(20)8-11)17(21)19-13-5-4-12(22-2)9-15(13)23-3/h4-10H,1-3H3,(H,19,21). The minimum absolute atomic E-state index is 0.296. The van der Waals surface area contributed by atoms with Crippen molar-refractivity contribution in [3.8, 4) is 11.5 Å². The number of carbonyl (C=O) groups is 1. The van der Waals surface area contributed by atoms with Crippen LogP contribution >= 0.6 is 0 Å². The molecule has 3 rings (SSSR count). The normalized spacial score (nSPS) is 10.6. The zero-order valence-corrected chi connectivity index (χ0v) is 13.2. The van der Waals surface area contributed by atoms with Gasteiger partial charge in [0.2, 0.25) is 0 Å². The Labute approximate surface area is 133 Å². The summed E-state index contributed by atoms with van der Waals surface area (Å²) < 4.78 is 12.2. The molecule has 0 aliphatic heterocycles. The number of ether oxygens (including phenoxy) is 2. The molecule has 2 heterocycles. The SMILES string of the molecule is COc1ccc(NC(=O)c2cn3ccc(C)cc3n2)c(OC)c1. The lowest BCUT2D eigenvalue weighted by molar-refractivity contribution is 0.102. The quantitative estimate of drug-likeness (QED) is 0.804. The molecule has 0 unspecified atom stereocenters. The van der Waals surface area contributed by atoms with E-state index in [0.717, 1.165) is 11.2 Å². The van der Waals surface area contributed by atoms with Crippen LogP contribution in [0.15, 0.2) is 42.7 Å². The largest absolute Gasteiger partial charge is 0.497 e. The van der Waals surface area contributed by atoms with E-state index < -0.39 is 0 Å². The molecule has 0 aliphatic carbocycles. The summed E-state index contributed by atoms with van der Waals surface area (Å²) in [6.45, 7) is 1.98. The van der Waals surface area contributed by atoms with Crippen molar-refractivity contribution < 1.29 is 14.3 Å². The van der Waals surface area contributed by atoms with Gasteiger partial charge in [-0.25, -0.2) is 4.98 Å². The molecule has 1 aromatic carbocycles. The van der Waals surface area contributed by atoms with E-state index >= 15 is 0 Å². The van der Waals surface area contributed by atoms with Gasteiger partial charge in [0.05, 0.1) is 19.9 Å². The number of amides is 1. The number of hydrogen-bond donors (Lipinski definition) is 1. The third-order valence-electron chi connectivity index (χ3n) is 3.51. The van der Waals surface area contributed by atoms with E-state index in [0.29, 0.717) is 22.9 Å². The monoisotopic (exact) mass is 311 g/mol. The summed E-state index contributed by atoms with van der Waals surface area (Å²) in [6, 6.07) is 9.08. The molecule has 2 aromatic heterocycles. The van der Waals surface area contributed by atoms with Crippen LogP contribution in [0.1, 0.15) is 16.1 Å². The number of rotatable bonds is 4. The Balaban J connectivity index is 1.88. The summed E-state index contributed by atoms with van der Waals surface area (Å²) in [6.07, 6.45) is 3.57. The second-order valence-corrected chi connectivity index (χ2v) is 5.12. The predicted molar refractivity (Wildman–Crippen MR) is 87.4 cm³/mol. The molecular weight excluding hydrogens is 294 g/mol. The Morgan fingerprint density at radius 1 is 1.17 bits per heavy atom. The number of fused-ring (bicyclic) bond motifs is 1. The van der Waals surface area contributed by atoms with Crippen molar-refractivity contribution in [2.75, 3.05) is 19.5 Å². The minimum atomic E-state index is -0.296. The molecule has 118 valence electrons. The Hall–Kier alpha value is -3.02. The molecule has 6 heteroatoms. The van der Waals surface area contributed by atoms with E-state index in [1.807, 2.05) is 29.7 Å². The van der Waals surface area contributed by atoms with Crippen LogP contribution in [0, 0.1) is 6.92 Å². The van der Waals surface area contributed by atoms with E-state index in [4.69, 9.17) is 9.47 Å². The first-order valence-electron chi connectivity index (χ1n) is 7.09. The number of nitrogens with zero attached hydrogens (tertiary/aromatic N) is 2. The third kappa shape index (κ3) is 2.96. The molecule has 6 nitrogen and oxygen atoms in total. The van der Waals surface area contributed by atoms with Crippen molar-refractivity contribution in [3.05, 3.63) is 54.0 Å². The lowest BCUT2D eigenvalue weighted by Crippen LogP contribution is -2.13. The van der Waals surface area contributed by atoms with E-state index in [-0.39, 0.29) is 5.91 Å². The molecule has 0 saturated carbocycles. The van der Waals surface area contributed by atoms with Crippen molar-refractivity contribution in [3.63, 3.8) is 0 Å². The zero-order chi connectivity index (χ0) is 16.4. The minimum Gasteiger partial charge on any atom is -0.497 e. The molecular formula is C17H17N3O3. The van der Waals surface area contributed by atoms with Crippen LogP contribution in [-0.4, -0.2) is 29.5 Å². The van der Waals surface area contributed by atoms with Crippen LogP contribution in [0.2, 0.25) is 0 Å². The lowest BCUT2D eigenvalue weighted by Gasteiger charge is -2.10. The first kappa shape index (κ1) is 14.9. The highest BCUT2D eigenvalue weighted by Crippen LogP contribution is 2.29. The van der Waals surface area contributed by atoms with Crippen molar-refractivity contribution in [2.24, 2.45) is 0 Å². The number of nitrogens with one attached hydrogen (secondary N) is 1.